The Hall–Kier alpha value is -0.970. The Morgan fingerprint density at radius 1 is 1.56 bits per heavy atom. The summed E-state index contributed by atoms with van der Waals surface area (Å²) < 4.78 is 13.9. The molecule has 1 rings (SSSR count). The molecular formula is C11H14BrFN2O. The summed E-state index contributed by atoms with van der Waals surface area (Å²) in [4.78, 5) is 15.4. The highest BCUT2D eigenvalue weighted by Gasteiger charge is 2.16. The van der Waals surface area contributed by atoms with Crippen LogP contribution in [0.5, 0.6) is 0 Å². The van der Waals surface area contributed by atoms with Crippen molar-refractivity contribution >= 4 is 21.8 Å². The maximum absolute atomic E-state index is 13.4. The molecule has 88 valence electrons. The van der Waals surface area contributed by atoms with Crippen molar-refractivity contribution in [3.63, 3.8) is 0 Å². The predicted molar refractivity (Wildman–Crippen MR) is 63.5 cm³/mol. The van der Waals surface area contributed by atoms with Gasteiger partial charge in [-0.25, -0.2) is 4.39 Å². The first kappa shape index (κ1) is 13.1. The lowest BCUT2D eigenvalue weighted by Gasteiger charge is -2.20. The van der Waals surface area contributed by atoms with E-state index in [1.165, 1.54) is 12.3 Å². The second-order valence-corrected chi connectivity index (χ2v) is 5.47. The number of carbonyl (C=O) groups excluding carboxylic acids is 1. The summed E-state index contributed by atoms with van der Waals surface area (Å²) >= 11 is 3.11. The minimum atomic E-state index is -0.474. The number of amides is 1. The number of hydrogen-bond donors (Lipinski definition) is 1. The van der Waals surface area contributed by atoms with E-state index in [2.05, 4.69) is 26.2 Å². The number of pyridine rings is 1. The Morgan fingerprint density at radius 3 is 2.69 bits per heavy atom. The van der Waals surface area contributed by atoms with Gasteiger partial charge < -0.3 is 5.32 Å². The molecule has 1 amide bonds. The zero-order valence-electron chi connectivity index (χ0n) is 9.47. The fourth-order valence-corrected chi connectivity index (χ4v) is 1.49. The highest BCUT2D eigenvalue weighted by atomic mass is 79.9. The van der Waals surface area contributed by atoms with Crippen LogP contribution in [0.4, 0.5) is 4.39 Å². The molecule has 16 heavy (non-hydrogen) atoms. The molecule has 0 saturated carbocycles. The molecule has 0 bridgehead atoms. The quantitative estimate of drug-likeness (QED) is 0.908. The van der Waals surface area contributed by atoms with Crippen molar-refractivity contribution in [2.75, 3.05) is 0 Å². The predicted octanol–water partition coefficient (Wildman–Crippen LogP) is 2.44. The third kappa shape index (κ3) is 4.26. The molecule has 0 aliphatic rings. The highest BCUT2D eigenvalue weighted by Crippen LogP contribution is 2.13. The fourth-order valence-electron chi connectivity index (χ4n) is 1.19. The number of aromatic nitrogens is 1. The van der Waals surface area contributed by atoms with Crippen LogP contribution in [-0.4, -0.2) is 16.4 Å². The van der Waals surface area contributed by atoms with Crippen molar-refractivity contribution in [1.29, 1.82) is 0 Å². The molecule has 0 radical (unpaired) electrons. The van der Waals surface area contributed by atoms with Gasteiger partial charge in [0, 0.05) is 16.2 Å². The van der Waals surface area contributed by atoms with Gasteiger partial charge in [0.1, 0.15) is 5.82 Å². The van der Waals surface area contributed by atoms with Gasteiger partial charge in [0.15, 0.2) is 0 Å². The molecule has 0 aromatic carbocycles. The lowest BCUT2D eigenvalue weighted by Crippen LogP contribution is -2.41. The minimum Gasteiger partial charge on any atom is -0.351 e. The van der Waals surface area contributed by atoms with E-state index in [0.717, 1.165) is 0 Å². The van der Waals surface area contributed by atoms with Gasteiger partial charge >= 0.3 is 0 Å². The standard InChI is InChI=1S/C11H14BrFN2O/c1-11(2,3)15-10(16)5-9-8(13)4-7(12)6-14-9/h4,6H,5H2,1-3H3,(H,15,16). The summed E-state index contributed by atoms with van der Waals surface area (Å²) in [6.07, 6.45) is 1.43. The Kier molecular flexibility index (Phi) is 4.02. The van der Waals surface area contributed by atoms with E-state index in [9.17, 15) is 9.18 Å². The second-order valence-electron chi connectivity index (χ2n) is 4.56. The monoisotopic (exact) mass is 288 g/mol. The first-order chi connectivity index (χ1) is 7.28. The molecule has 0 fully saturated rings. The van der Waals surface area contributed by atoms with Crippen molar-refractivity contribution in [3.05, 3.63) is 28.2 Å². The van der Waals surface area contributed by atoms with Crippen molar-refractivity contribution in [2.45, 2.75) is 32.7 Å². The summed E-state index contributed by atoms with van der Waals surface area (Å²) in [6, 6.07) is 1.30. The van der Waals surface area contributed by atoms with Gasteiger partial charge in [-0.1, -0.05) is 0 Å². The van der Waals surface area contributed by atoms with E-state index in [1.54, 1.807) is 0 Å². The number of nitrogens with one attached hydrogen (secondary N) is 1. The number of nitrogens with zero attached hydrogens (tertiary/aromatic N) is 1. The van der Waals surface area contributed by atoms with Gasteiger partial charge in [0.2, 0.25) is 5.91 Å². The van der Waals surface area contributed by atoms with Crippen LogP contribution in [0.15, 0.2) is 16.7 Å². The smallest absolute Gasteiger partial charge is 0.226 e. The summed E-state index contributed by atoms with van der Waals surface area (Å²) in [7, 11) is 0. The Balaban J connectivity index is 2.70. The summed E-state index contributed by atoms with van der Waals surface area (Å²) in [5.41, 5.74) is -0.159. The van der Waals surface area contributed by atoms with E-state index >= 15 is 0 Å². The van der Waals surface area contributed by atoms with Crippen LogP contribution in [0.2, 0.25) is 0 Å². The van der Waals surface area contributed by atoms with E-state index in [4.69, 9.17) is 0 Å². The first-order valence-corrected chi connectivity index (χ1v) is 5.68. The normalized spacial score (nSPS) is 11.3. The molecular weight excluding hydrogens is 275 g/mol. The summed E-state index contributed by atoms with van der Waals surface area (Å²) in [5.74, 6) is -0.709. The average Bonchev–Trinajstić information content (AvgIpc) is 2.06. The van der Waals surface area contributed by atoms with Crippen molar-refractivity contribution in [3.8, 4) is 0 Å². The number of rotatable bonds is 2. The third-order valence-electron chi connectivity index (χ3n) is 1.73. The van der Waals surface area contributed by atoms with Gasteiger partial charge in [-0.2, -0.15) is 0 Å². The largest absolute Gasteiger partial charge is 0.351 e. The SMILES string of the molecule is CC(C)(C)NC(=O)Cc1ncc(Br)cc1F. The highest BCUT2D eigenvalue weighted by molar-refractivity contribution is 9.10. The van der Waals surface area contributed by atoms with Crippen LogP contribution in [-0.2, 0) is 11.2 Å². The summed E-state index contributed by atoms with van der Waals surface area (Å²) in [6.45, 7) is 5.61. The zero-order valence-corrected chi connectivity index (χ0v) is 11.1. The van der Waals surface area contributed by atoms with Crippen molar-refractivity contribution in [1.82, 2.24) is 10.3 Å². The van der Waals surface area contributed by atoms with Crippen molar-refractivity contribution < 1.29 is 9.18 Å². The van der Waals surface area contributed by atoms with Gasteiger partial charge in [-0.05, 0) is 42.8 Å². The van der Waals surface area contributed by atoms with Gasteiger partial charge in [0.25, 0.3) is 0 Å². The lowest BCUT2D eigenvalue weighted by molar-refractivity contribution is -0.121. The molecule has 1 heterocycles. The van der Waals surface area contributed by atoms with Gasteiger partial charge in [0.05, 0.1) is 12.1 Å². The zero-order chi connectivity index (χ0) is 12.3. The van der Waals surface area contributed by atoms with Crippen LogP contribution >= 0.6 is 15.9 Å². The second kappa shape index (κ2) is 4.91. The molecule has 3 nitrogen and oxygen atoms in total. The molecule has 0 aliphatic heterocycles. The van der Waals surface area contributed by atoms with Crippen LogP contribution in [0.3, 0.4) is 0 Å². The number of hydrogen-bond acceptors (Lipinski definition) is 2. The van der Waals surface area contributed by atoms with Gasteiger partial charge in [-0.3, -0.25) is 9.78 Å². The van der Waals surface area contributed by atoms with Crippen LogP contribution in [0, 0.1) is 5.82 Å². The van der Waals surface area contributed by atoms with Crippen LogP contribution in [0.25, 0.3) is 0 Å². The third-order valence-corrected chi connectivity index (χ3v) is 2.16. The molecule has 0 unspecified atom stereocenters. The molecule has 0 saturated heterocycles. The van der Waals surface area contributed by atoms with E-state index < -0.39 is 5.82 Å². The maximum atomic E-state index is 13.4. The van der Waals surface area contributed by atoms with Crippen LogP contribution in [0.1, 0.15) is 26.5 Å². The minimum absolute atomic E-state index is 0.0453. The Morgan fingerprint density at radius 2 is 2.19 bits per heavy atom. The fraction of sp³-hybridized carbons (Fsp3) is 0.455. The maximum Gasteiger partial charge on any atom is 0.226 e. The number of carbonyl (C=O) groups is 1. The van der Waals surface area contributed by atoms with E-state index in [1.807, 2.05) is 20.8 Å². The molecule has 1 N–H and O–H groups in total. The first-order valence-electron chi connectivity index (χ1n) is 4.89. The lowest BCUT2D eigenvalue weighted by atomic mass is 10.1. The molecule has 1 aromatic rings. The Labute approximate surface area is 103 Å². The topological polar surface area (TPSA) is 42.0 Å². The van der Waals surface area contributed by atoms with Crippen LogP contribution < -0.4 is 5.32 Å². The van der Waals surface area contributed by atoms with E-state index in [-0.39, 0.29) is 23.6 Å². The molecule has 0 atom stereocenters. The molecule has 0 spiro atoms. The summed E-state index contributed by atoms with van der Waals surface area (Å²) in [5, 5.41) is 2.75. The van der Waals surface area contributed by atoms with Gasteiger partial charge in [-0.15, -0.1) is 0 Å². The average molecular weight is 289 g/mol. The molecule has 1 aromatic heterocycles. The van der Waals surface area contributed by atoms with E-state index in [0.29, 0.717) is 4.47 Å². The Bertz CT molecular complexity index is 401. The molecule has 5 heteroatoms. The number of halogens is 2. The van der Waals surface area contributed by atoms with Crippen molar-refractivity contribution in [2.24, 2.45) is 0 Å². The molecule has 0 aliphatic carbocycles.